The van der Waals surface area contributed by atoms with E-state index in [1.54, 1.807) is 0 Å². The number of fused-ring (bicyclic) bond motifs is 16. The van der Waals surface area contributed by atoms with Crippen molar-refractivity contribution in [2.24, 2.45) is 0 Å². The molecule has 0 spiro atoms. The second-order valence-electron chi connectivity index (χ2n) is 17.6. The van der Waals surface area contributed by atoms with Crippen LogP contribution in [0.2, 0.25) is 0 Å². The van der Waals surface area contributed by atoms with Gasteiger partial charge in [-0.1, -0.05) is 136 Å². The number of hydrogen-bond acceptors (Lipinski definition) is 4. The van der Waals surface area contributed by atoms with Crippen molar-refractivity contribution in [3.05, 3.63) is 163 Å². The van der Waals surface area contributed by atoms with Gasteiger partial charge in [0, 0.05) is 75.3 Å². The van der Waals surface area contributed by atoms with Crippen LogP contribution in [-0.2, 0) is 5.41 Å². The summed E-state index contributed by atoms with van der Waals surface area (Å²) in [6.45, 7) is 6.71. The lowest BCUT2D eigenvalue weighted by Crippen LogP contribution is -2.56. The summed E-state index contributed by atoms with van der Waals surface area (Å²) in [5.41, 5.74) is 16.7. The quantitative estimate of drug-likeness (QED) is 0.164. The fraction of sp³-hybridized carbons (Fsp3) is 0.0741. The second-order valence-corrected chi connectivity index (χ2v) is 18.7. The zero-order chi connectivity index (χ0) is 39.6. The van der Waals surface area contributed by atoms with E-state index in [0.29, 0.717) is 0 Å². The van der Waals surface area contributed by atoms with Crippen LogP contribution in [0.25, 0.3) is 97.3 Å². The van der Waals surface area contributed by atoms with Gasteiger partial charge in [-0.15, -0.1) is 11.3 Å². The predicted octanol–water partition coefficient (Wildman–Crippen LogP) is 14.2. The third kappa shape index (κ3) is 4.16. The molecule has 0 unspecified atom stereocenters. The highest BCUT2D eigenvalue weighted by molar-refractivity contribution is 7.26. The highest BCUT2D eigenvalue weighted by Gasteiger charge is 2.46. The van der Waals surface area contributed by atoms with Crippen molar-refractivity contribution in [2.45, 2.75) is 26.2 Å². The normalized spacial score (nSPS) is 13.5. The molecule has 12 aromatic rings. The van der Waals surface area contributed by atoms with Gasteiger partial charge >= 0.3 is 6.85 Å². The number of aromatic nitrogens is 1. The summed E-state index contributed by atoms with van der Waals surface area (Å²) in [7, 11) is 0. The highest BCUT2D eigenvalue weighted by atomic mass is 32.1. The van der Waals surface area contributed by atoms with Crippen molar-refractivity contribution in [3.8, 4) is 22.3 Å². The van der Waals surface area contributed by atoms with E-state index < -0.39 is 0 Å². The number of furan rings is 2. The molecule has 0 fully saturated rings. The second kappa shape index (κ2) is 11.4. The van der Waals surface area contributed by atoms with Crippen molar-refractivity contribution >= 4 is 121 Å². The largest absolute Gasteiger partial charge is 0.455 e. The summed E-state index contributed by atoms with van der Waals surface area (Å²) in [5.74, 6) is 0. The van der Waals surface area contributed by atoms with Gasteiger partial charge < -0.3 is 18.2 Å². The highest BCUT2D eigenvalue weighted by Crippen LogP contribution is 2.52. The van der Waals surface area contributed by atoms with Gasteiger partial charge in [0.15, 0.2) is 5.71 Å². The molecule has 0 saturated heterocycles. The van der Waals surface area contributed by atoms with Gasteiger partial charge in [-0.05, 0) is 69.9 Å². The number of anilines is 3. The smallest absolute Gasteiger partial charge is 0.336 e. The Balaban J connectivity index is 1.21. The Kier molecular flexibility index (Phi) is 6.24. The van der Waals surface area contributed by atoms with E-state index in [2.05, 4.69) is 188 Å². The summed E-state index contributed by atoms with van der Waals surface area (Å²) in [6.07, 6.45) is 0. The van der Waals surface area contributed by atoms with Crippen LogP contribution in [0, 0.1) is 0 Å². The van der Waals surface area contributed by atoms with Gasteiger partial charge in [0.2, 0.25) is 0 Å². The number of hydrogen-bond donors (Lipinski definition) is 0. The number of thiophene rings is 1. The molecule has 0 atom stereocenters. The topological polar surface area (TPSA) is 34.5 Å². The fourth-order valence-electron chi connectivity index (χ4n) is 10.7. The fourth-order valence-corrected chi connectivity index (χ4v) is 11.8. The van der Waals surface area contributed by atoms with E-state index in [-0.39, 0.29) is 12.3 Å². The molecule has 0 aliphatic carbocycles. The molecule has 6 heterocycles. The van der Waals surface area contributed by atoms with E-state index in [1.165, 1.54) is 64.4 Å². The molecule has 0 amide bonds. The Morgan fingerprint density at radius 1 is 0.533 bits per heavy atom. The van der Waals surface area contributed by atoms with Crippen LogP contribution >= 0.6 is 11.3 Å². The molecule has 2 aliphatic rings. The Hall–Kier alpha value is -7.02. The van der Waals surface area contributed by atoms with E-state index >= 15 is 0 Å². The van der Waals surface area contributed by atoms with Crippen molar-refractivity contribution < 1.29 is 8.83 Å². The van der Waals surface area contributed by atoms with Crippen LogP contribution in [0.3, 0.4) is 0 Å². The minimum atomic E-state index is -0.202. The monoisotopic (exact) mass is 786 g/mol. The predicted molar refractivity (Wildman–Crippen MR) is 254 cm³/mol. The number of para-hydroxylation sites is 3. The standard InChI is InChI=1S/C54H35BN2O2S/c1-54(2,3)31-24-25-41(37(26-31)30-14-5-4-6-15-30)56-42-29-47-38(33-17-9-12-23-46(33)60-47)27-40(42)55-50-43(56)28-39-32-16-7-10-21-44(32)58-52(39)49(50)36-20-13-19-35-48-34-18-8-11-22-45(34)59-53(48)57(55)51(35)36/h4-29H,1-3H3. The zero-order valence-corrected chi connectivity index (χ0v) is 34.0. The Bertz CT molecular complexity index is 3840. The lowest BCUT2D eigenvalue weighted by molar-refractivity contribution is 0.590. The van der Waals surface area contributed by atoms with Crippen LogP contribution in [0.5, 0.6) is 0 Å². The molecule has 14 rings (SSSR count). The summed E-state index contributed by atoms with van der Waals surface area (Å²) < 4.78 is 19.1. The van der Waals surface area contributed by atoms with Crippen LogP contribution in [0.4, 0.5) is 17.1 Å². The minimum absolute atomic E-state index is 0.0363. The molecule has 0 bridgehead atoms. The van der Waals surface area contributed by atoms with Crippen molar-refractivity contribution in [1.82, 2.24) is 4.48 Å². The van der Waals surface area contributed by atoms with Crippen LogP contribution in [-0.4, -0.2) is 11.3 Å². The van der Waals surface area contributed by atoms with Crippen molar-refractivity contribution in [1.29, 1.82) is 0 Å². The molecule has 60 heavy (non-hydrogen) atoms. The summed E-state index contributed by atoms with van der Waals surface area (Å²) in [6, 6.07) is 58.1. The molecule has 0 radical (unpaired) electrons. The van der Waals surface area contributed by atoms with Gasteiger partial charge in [0.1, 0.15) is 16.7 Å². The maximum Gasteiger partial charge on any atom is 0.336 e. The van der Waals surface area contributed by atoms with Gasteiger partial charge in [-0.25, -0.2) is 0 Å². The Morgan fingerprint density at radius 2 is 1.27 bits per heavy atom. The number of nitrogens with zero attached hydrogens (tertiary/aromatic N) is 2. The van der Waals surface area contributed by atoms with Gasteiger partial charge in [-0.2, -0.15) is 0 Å². The first-order valence-corrected chi connectivity index (χ1v) is 21.6. The average molecular weight is 787 g/mol. The molecular formula is C54H35BN2O2S. The van der Waals surface area contributed by atoms with Crippen molar-refractivity contribution in [3.63, 3.8) is 0 Å². The van der Waals surface area contributed by atoms with Crippen LogP contribution in [0.1, 0.15) is 26.3 Å². The maximum atomic E-state index is 7.04. The van der Waals surface area contributed by atoms with Gasteiger partial charge in [0.25, 0.3) is 0 Å². The third-order valence-corrected chi connectivity index (χ3v) is 14.5. The average Bonchev–Trinajstić information content (AvgIpc) is 4.03. The lowest BCUT2D eigenvalue weighted by Gasteiger charge is -2.41. The Morgan fingerprint density at radius 3 is 2.10 bits per heavy atom. The first kappa shape index (κ1) is 32.9. The molecule has 4 nitrogen and oxygen atoms in total. The maximum absolute atomic E-state index is 7.04. The van der Waals surface area contributed by atoms with Crippen LogP contribution in [0.15, 0.2) is 167 Å². The summed E-state index contributed by atoms with van der Waals surface area (Å²) in [4.78, 5) is 2.58. The SMILES string of the molecule is CC(C)(C)c1ccc(N2c3cc4sc5ccccc5c4cc3B3c4c2cc2c(oc5ccccc52)c4-c2cccc4c5c6ccccc6oc5n3c24)c(-c2ccccc2)c1. The van der Waals surface area contributed by atoms with E-state index in [4.69, 9.17) is 8.83 Å². The number of rotatable bonds is 2. The van der Waals surface area contributed by atoms with Crippen molar-refractivity contribution in [2.75, 3.05) is 4.90 Å². The molecular weight excluding hydrogens is 751 g/mol. The molecule has 282 valence electrons. The van der Waals surface area contributed by atoms with Crippen LogP contribution < -0.4 is 15.8 Å². The number of benzene rings is 8. The first-order valence-electron chi connectivity index (χ1n) is 20.8. The Labute approximate surface area is 349 Å². The van der Waals surface area contributed by atoms with E-state index in [0.717, 1.165) is 66.5 Å². The third-order valence-electron chi connectivity index (χ3n) is 13.3. The minimum Gasteiger partial charge on any atom is -0.455 e. The summed E-state index contributed by atoms with van der Waals surface area (Å²) >= 11 is 1.87. The van der Waals surface area contributed by atoms with E-state index in [9.17, 15) is 0 Å². The molecule has 0 saturated carbocycles. The first-order chi connectivity index (χ1) is 29.4. The molecule has 0 N–H and O–H groups in total. The molecule has 2 aliphatic heterocycles. The van der Waals surface area contributed by atoms with E-state index in [1.807, 2.05) is 11.3 Å². The van der Waals surface area contributed by atoms with Gasteiger partial charge in [0.05, 0.1) is 11.1 Å². The molecule has 8 aromatic carbocycles. The van der Waals surface area contributed by atoms with Gasteiger partial charge in [-0.3, -0.25) is 0 Å². The molecule has 6 heteroatoms. The zero-order valence-electron chi connectivity index (χ0n) is 33.2. The molecule has 4 aromatic heterocycles. The lowest BCUT2D eigenvalue weighted by atomic mass is 9.45. The summed E-state index contributed by atoms with van der Waals surface area (Å²) in [5, 5.41) is 8.29.